The molecule has 0 aliphatic carbocycles. The molecule has 2 nitrogen and oxygen atoms in total. The monoisotopic (exact) mass is 342 g/mol. The molecule has 3 rings (SSSR count). The summed E-state index contributed by atoms with van der Waals surface area (Å²) in [5.74, 6) is -0.0335. The minimum atomic E-state index is -3.32. The molecule has 23 heavy (non-hydrogen) atoms. The van der Waals surface area contributed by atoms with E-state index in [9.17, 15) is 8.42 Å². The molecule has 0 radical (unpaired) electrons. The molecule has 0 saturated heterocycles. The summed E-state index contributed by atoms with van der Waals surface area (Å²) >= 11 is 5.81. The van der Waals surface area contributed by atoms with Gasteiger partial charge in [-0.15, -0.1) is 0 Å². The molecular weight excluding hydrogens is 328 g/mol. The van der Waals surface area contributed by atoms with Crippen molar-refractivity contribution in [1.82, 2.24) is 0 Å². The van der Waals surface area contributed by atoms with Crippen LogP contribution in [0.1, 0.15) is 11.1 Å². The van der Waals surface area contributed by atoms with E-state index in [4.69, 9.17) is 11.6 Å². The first-order valence-electron chi connectivity index (χ1n) is 7.16. The quantitative estimate of drug-likeness (QED) is 0.662. The summed E-state index contributed by atoms with van der Waals surface area (Å²) in [7, 11) is -3.32. The summed E-state index contributed by atoms with van der Waals surface area (Å²) in [5.41, 5.74) is 1.58. The Balaban J connectivity index is 1.80. The molecule has 3 aromatic carbocycles. The number of hydrogen-bond acceptors (Lipinski definition) is 2. The van der Waals surface area contributed by atoms with Crippen LogP contribution in [0.5, 0.6) is 0 Å². The summed E-state index contributed by atoms with van der Waals surface area (Å²) < 4.78 is 24.4. The number of fused-ring (bicyclic) bond motifs is 1. The highest BCUT2D eigenvalue weighted by atomic mass is 35.5. The summed E-state index contributed by atoms with van der Waals surface area (Å²) in [6.07, 6.45) is 1.64. The van der Waals surface area contributed by atoms with E-state index in [1.54, 1.807) is 30.3 Å². The Morgan fingerprint density at radius 1 is 0.870 bits per heavy atom. The Kier molecular flexibility index (Phi) is 4.51. The van der Waals surface area contributed by atoms with Crippen molar-refractivity contribution in [3.05, 3.63) is 88.3 Å². The van der Waals surface area contributed by atoms with Crippen LogP contribution in [-0.4, -0.2) is 8.42 Å². The van der Waals surface area contributed by atoms with Gasteiger partial charge < -0.3 is 0 Å². The van der Waals surface area contributed by atoms with Gasteiger partial charge in [0.25, 0.3) is 0 Å². The molecule has 0 amide bonds. The van der Waals surface area contributed by atoms with Crippen LogP contribution in [0.4, 0.5) is 0 Å². The SMILES string of the molecule is O=S(=O)(C=Cc1ccc2ccccc2c1)Cc1ccc(Cl)cc1. The van der Waals surface area contributed by atoms with Crippen molar-refractivity contribution in [3.63, 3.8) is 0 Å². The second kappa shape index (κ2) is 6.57. The Bertz CT molecular complexity index is 958. The molecule has 0 N–H and O–H groups in total. The Hall–Kier alpha value is -2.10. The third-order valence-electron chi connectivity index (χ3n) is 3.52. The number of sulfone groups is 1. The summed E-state index contributed by atoms with van der Waals surface area (Å²) in [5, 5.41) is 4.09. The molecule has 3 aromatic rings. The third-order valence-corrected chi connectivity index (χ3v) is 5.06. The van der Waals surface area contributed by atoms with Crippen molar-refractivity contribution in [2.24, 2.45) is 0 Å². The minimum Gasteiger partial charge on any atom is -0.224 e. The van der Waals surface area contributed by atoms with E-state index in [0.717, 1.165) is 21.9 Å². The van der Waals surface area contributed by atoms with Gasteiger partial charge in [-0.2, -0.15) is 0 Å². The highest BCUT2D eigenvalue weighted by molar-refractivity contribution is 7.93. The second-order valence-corrected chi connectivity index (χ2v) is 7.67. The van der Waals surface area contributed by atoms with Gasteiger partial charge in [-0.1, -0.05) is 60.1 Å². The predicted molar refractivity (Wildman–Crippen MR) is 97.1 cm³/mol. The van der Waals surface area contributed by atoms with Crippen LogP contribution in [0.25, 0.3) is 16.8 Å². The van der Waals surface area contributed by atoms with Gasteiger partial charge in [-0.3, -0.25) is 0 Å². The predicted octanol–water partition coefficient (Wildman–Crippen LogP) is 5.08. The van der Waals surface area contributed by atoms with E-state index in [-0.39, 0.29) is 5.75 Å². The Morgan fingerprint density at radius 2 is 1.57 bits per heavy atom. The number of hydrogen-bond donors (Lipinski definition) is 0. The van der Waals surface area contributed by atoms with Crippen molar-refractivity contribution in [2.45, 2.75) is 5.75 Å². The first-order valence-corrected chi connectivity index (χ1v) is 9.25. The summed E-state index contributed by atoms with van der Waals surface area (Å²) in [6, 6.07) is 20.7. The van der Waals surface area contributed by atoms with Crippen molar-refractivity contribution in [2.75, 3.05) is 0 Å². The second-order valence-electron chi connectivity index (χ2n) is 5.34. The van der Waals surface area contributed by atoms with Crippen molar-refractivity contribution in [3.8, 4) is 0 Å². The molecule has 0 aromatic heterocycles. The van der Waals surface area contributed by atoms with Gasteiger partial charge >= 0.3 is 0 Å². The minimum absolute atomic E-state index is 0.0335. The normalized spacial score (nSPS) is 12.0. The first kappa shape index (κ1) is 15.8. The molecule has 116 valence electrons. The van der Waals surface area contributed by atoms with Gasteiger partial charge in [0.05, 0.1) is 5.75 Å². The van der Waals surface area contributed by atoms with Gasteiger partial charge in [0.1, 0.15) is 0 Å². The van der Waals surface area contributed by atoms with Crippen LogP contribution < -0.4 is 0 Å². The highest BCUT2D eigenvalue weighted by Gasteiger charge is 2.07. The average molecular weight is 343 g/mol. The fourth-order valence-electron chi connectivity index (χ4n) is 2.35. The number of benzene rings is 3. The summed E-state index contributed by atoms with van der Waals surface area (Å²) in [4.78, 5) is 0. The molecule has 0 heterocycles. The fourth-order valence-corrected chi connectivity index (χ4v) is 3.60. The molecule has 4 heteroatoms. The Labute approximate surface area is 141 Å². The van der Waals surface area contributed by atoms with Crippen LogP contribution in [0.2, 0.25) is 5.02 Å². The van der Waals surface area contributed by atoms with Gasteiger partial charge in [0.15, 0.2) is 9.84 Å². The molecule has 0 aliphatic heterocycles. The zero-order chi connectivity index (χ0) is 16.3. The van der Waals surface area contributed by atoms with E-state index in [1.165, 1.54) is 5.41 Å². The van der Waals surface area contributed by atoms with Gasteiger partial charge in [-0.05, 0) is 46.2 Å². The maximum absolute atomic E-state index is 12.2. The smallest absolute Gasteiger partial charge is 0.175 e. The van der Waals surface area contributed by atoms with E-state index >= 15 is 0 Å². The van der Waals surface area contributed by atoms with Crippen molar-refractivity contribution < 1.29 is 8.42 Å². The lowest BCUT2D eigenvalue weighted by Gasteiger charge is -2.01. The molecule has 0 bridgehead atoms. The molecular formula is C19H15ClO2S. The molecule has 0 saturated carbocycles. The highest BCUT2D eigenvalue weighted by Crippen LogP contribution is 2.18. The summed E-state index contributed by atoms with van der Waals surface area (Å²) in [6.45, 7) is 0. The topological polar surface area (TPSA) is 34.1 Å². The van der Waals surface area contributed by atoms with Gasteiger partial charge in [0.2, 0.25) is 0 Å². The molecule has 0 fully saturated rings. The first-order chi connectivity index (χ1) is 11.0. The van der Waals surface area contributed by atoms with E-state index < -0.39 is 9.84 Å². The lowest BCUT2D eigenvalue weighted by Crippen LogP contribution is -1.99. The molecule has 0 unspecified atom stereocenters. The Morgan fingerprint density at radius 3 is 2.30 bits per heavy atom. The van der Waals surface area contributed by atoms with Crippen LogP contribution in [-0.2, 0) is 15.6 Å². The number of rotatable bonds is 4. The van der Waals surface area contributed by atoms with E-state index in [0.29, 0.717) is 5.02 Å². The van der Waals surface area contributed by atoms with Crippen molar-refractivity contribution >= 4 is 38.3 Å². The zero-order valence-corrected chi connectivity index (χ0v) is 13.9. The molecule has 0 atom stereocenters. The lowest BCUT2D eigenvalue weighted by atomic mass is 10.1. The zero-order valence-electron chi connectivity index (χ0n) is 12.3. The van der Waals surface area contributed by atoms with E-state index in [1.807, 2.05) is 42.5 Å². The maximum atomic E-state index is 12.2. The largest absolute Gasteiger partial charge is 0.224 e. The number of halogens is 1. The van der Waals surface area contributed by atoms with Gasteiger partial charge in [0, 0.05) is 10.4 Å². The maximum Gasteiger partial charge on any atom is 0.175 e. The average Bonchev–Trinajstić information content (AvgIpc) is 2.55. The van der Waals surface area contributed by atoms with Crippen LogP contribution >= 0.6 is 11.6 Å². The van der Waals surface area contributed by atoms with Crippen LogP contribution in [0.15, 0.2) is 72.1 Å². The fraction of sp³-hybridized carbons (Fsp3) is 0.0526. The standard InChI is InChI=1S/C19H15ClO2S/c20-19-9-6-16(7-10-19)14-23(21,22)12-11-15-5-8-17-3-1-2-4-18(17)13-15/h1-13H,14H2. The van der Waals surface area contributed by atoms with Crippen LogP contribution in [0, 0.1) is 0 Å². The van der Waals surface area contributed by atoms with Crippen LogP contribution in [0.3, 0.4) is 0 Å². The van der Waals surface area contributed by atoms with Crippen molar-refractivity contribution in [1.29, 1.82) is 0 Å². The third kappa shape index (κ3) is 4.21. The molecule has 0 spiro atoms. The molecule has 0 aliphatic rings. The lowest BCUT2D eigenvalue weighted by molar-refractivity contribution is 0.604. The van der Waals surface area contributed by atoms with Gasteiger partial charge in [-0.25, -0.2) is 8.42 Å². The van der Waals surface area contributed by atoms with E-state index in [2.05, 4.69) is 0 Å².